The zero-order valence-corrected chi connectivity index (χ0v) is 14.1. The highest BCUT2D eigenvalue weighted by Crippen LogP contribution is 2.35. The summed E-state index contributed by atoms with van der Waals surface area (Å²) in [5, 5.41) is 0.613. The van der Waals surface area contributed by atoms with Crippen LogP contribution in [-0.2, 0) is 0 Å². The fourth-order valence-electron chi connectivity index (χ4n) is 2.86. The molecule has 0 atom stereocenters. The van der Waals surface area contributed by atoms with Crippen molar-refractivity contribution in [1.29, 1.82) is 0 Å². The maximum atomic E-state index is 12.8. The molecule has 4 rings (SSSR count). The van der Waals surface area contributed by atoms with Gasteiger partial charge in [0.1, 0.15) is 13.2 Å². The number of hydrogen-bond acceptors (Lipinski definition) is 3. The van der Waals surface area contributed by atoms with Gasteiger partial charge in [0.2, 0.25) is 0 Å². The molecule has 23 heavy (non-hydrogen) atoms. The van der Waals surface area contributed by atoms with Gasteiger partial charge in [0.05, 0.1) is 11.2 Å². The first kappa shape index (κ1) is 14.3. The molecule has 1 aliphatic rings. The Balaban J connectivity index is 2.03. The van der Waals surface area contributed by atoms with E-state index in [0.717, 1.165) is 21.2 Å². The van der Waals surface area contributed by atoms with Gasteiger partial charge in [-0.2, -0.15) is 0 Å². The lowest BCUT2D eigenvalue weighted by molar-refractivity contribution is 0.172. The molecule has 0 amide bonds. The SMILES string of the molecule is Cc1c(-c2ccccc2Br)[nH]c2cc3c(cc2c1=O)OCCO3. The van der Waals surface area contributed by atoms with Crippen molar-refractivity contribution in [3.63, 3.8) is 0 Å². The first-order chi connectivity index (χ1) is 11.1. The summed E-state index contributed by atoms with van der Waals surface area (Å²) in [5.74, 6) is 1.30. The smallest absolute Gasteiger partial charge is 0.193 e. The van der Waals surface area contributed by atoms with Crippen LogP contribution in [0.25, 0.3) is 22.2 Å². The van der Waals surface area contributed by atoms with Crippen molar-refractivity contribution in [2.75, 3.05) is 13.2 Å². The molecule has 1 aromatic heterocycles. The molecule has 5 heteroatoms. The molecule has 116 valence electrons. The normalized spacial score (nSPS) is 13.3. The largest absolute Gasteiger partial charge is 0.486 e. The van der Waals surface area contributed by atoms with Crippen molar-refractivity contribution in [2.45, 2.75) is 6.92 Å². The number of aromatic nitrogens is 1. The van der Waals surface area contributed by atoms with Crippen LogP contribution in [0.1, 0.15) is 5.56 Å². The average Bonchev–Trinajstić information content (AvgIpc) is 2.57. The monoisotopic (exact) mass is 371 g/mol. The van der Waals surface area contributed by atoms with Crippen LogP contribution < -0.4 is 14.9 Å². The van der Waals surface area contributed by atoms with Crippen molar-refractivity contribution in [3.8, 4) is 22.8 Å². The number of rotatable bonds is 1. The average molecular weight is 372 g/mol. The van der Waals surface area contributed by atoms with Gasteiger partial charge in [0, 0.05) is 27.1 Å². The van der Waals surface area contributed by atoms with Gasteiger partial charge in [0.25, 0.3) is 0 Å². The number of aromatic amines is 1. The molecule has 0 spiro atoms. The molecule has 3 aromatic rings. The Morgan fingerprint density at radius 2 is 1.78 bits per heavy atom. The minimum atomic E-state index is 0.00137. The first-order valence-electron chi connectivity index (χ1n) is 7.36. The molecule has 1 N–H and O–H groups in total. The molecule has 0 unspecified atom stereocenters. The number of fused-ring (bicyclic) bond motifs is 2. The minimum Gasteiger partial charge on any atom is -0.486 e. The highest BCUT2D eigenvalue weighted by Gasteiger charge is 2.17. The lowest BCUT2D eigenvalue weighted by Gasteiger charge is -2.19. The van der Waals surface area contributed by atoms with Crippen LogP contribution >= 0.6 is 15.9 Å². The Hall–Kier alpha value is -2.27. The maximum Gasteiger partial charge on any atom is 0.193 e. The van der Waals surface area contributed by atoms with Gasteiger partial charge in [-0.3, -0.25) is 4.79 Å². The number of ether oxygens (including phenoxy) is 2. The van der Waals surface area contributed by atoms with Gasteiger partial charge in [-0.25, -0.2) is 0 Å². The second kappa shape index (κ2) is 5.42. The summed E-state index contributed by atoms with van der Waals surface area (Å²) >= 11 is 3.55. The van der Waals surface area contributed by atoms with Crippen molar-refractivity contribution in [2.24, 2.45) is 0 Å². The second-order valence-electron chi connectivity index (χ2n) is 5.48. The molecule has 0 aliphatic carbocycles. The number of halogens is 1. The third-order valence-corrected chi connectivity index (χ3v) is 4.74. The van der Waals surface area contributed by atoms with Gasteiger partial charge in [-0.05, 0) is 19.1 Å². The summed E-state index contributed by atoms with van der Waals surface area (Å²) in [6.07, 6.45) is 0. The van der Waals surface area contributed by atoms with Gasteiger partial charge >= 0.3 is 0 Å². The third kappa shape index (κ3) is 2.32. The third-order valence-electron chi connectivity index (χ3n) is 4.05. The molecule has 0 fully saturated rings. The molecule has 0 bridgehead atoms. The van der Waals surface area contributed by atoms with Crippen LogP contribution in [0.4, 0.5) is 0 Å². The predicted octanol–water partition coefficient (Wildman–Crippen LogP) is 4.04. The molecule has 0 radical (unpaired) electrons. The van der Waals surface area contributed by atoms with Gasteiger partial charge < -0.3 is 14.5 Å². The molecule has 0 saturated heterocycles. The molecular weight excluding hydrogens is 358 g/mol. The van der Waals surface area contributed by atoms with E-state index in [1.54, 1.807) is 6.07 Å². The van der Waals surface area contributed by atoms with Crippen LogP contribution in [0.2, 0.25) is 0 Å². The van der Waals surface area contributed by atoms with E-state index in [2.05, 4.69) is 20.9 Å². The Morgan fingerprint density at radius 3 is 2.52 bits per heavy atom. The van der Waals surface area contributed by atoms with Crippen LogP contribution in [0, 0.1) is 6.92 Å². The second-order valence-corrected chi connectivity index (χ2v) is 6.33. The summed E-state index contributed by atoms with van der Waals surface area (Å²) in [6.45, 7) is 2.86. The van der Waals surface area contributed by atoms with Gasteiger partial charge in [-0.1, -0.05) is 34.1 Å². The molecular formula is C18H14BrNO3. The van der Waals surface area contributed by atoms with E-state index >= 15 is 0 Å². The Kier molecular flexibility index (Phi) is 3.38. The maximum absolute atomic E-state index is 12.8. The quantitative estimate of drug-likeness (QED) is 0.702. The molecule has 2 aromatic carbocycles. The minimum absolute atomic E-state index is 0.00137. The number of hydrogen-bond donors (Lipinski definition) is 1. The summed E-state index contributed by atoms with van der Waals surface area (Å²) in [7, 11) is 0. The predicted molar refractivity (Wildman–Crippen MR) is 93.4 cm³/mol. The first-order valence-corrected chi connectivity index (χ1v) is 8.15. The van der Waals surface area contributed by atoms with Crippen LogP contribution in [0.5, 0.6) is 11.5 Å². The lowest BCUT2D eigenvalue weighted by Crippen LogP contribution is -2.16. The molecule has 1 aliphatic heterocycles. The van der Waals surface area contributed by atoms with Crippen molar-refractivity contribution in [1.82, 2.24) is 4.98 Å². The van der Waals surface area contributed by atoms with E-state index in [0.29, 0.717) is 35.7 Å². The van der Waals surface area contributed by atoms with E-state index in [1.165, 1.54) is 0 Å². The van der Waals surface area contributed by atoms with Crippen molar-refractivity contribution < 1.29 is 9.47 Å². The van der Waals surface area contributed by atoms with Crippen LogP contribution in [-0.4, -0.2) is 18.2 Å². The lowest BCUT2D eigenvalue weighted by atomic mass is 10.0. The fourth-order valence-corrected chi connectivity index (χ4v) is 3.34. The Morgan fingerprint density at radius 1 is 1.09 bits per heavy atom. The van der Waals surface area contributed by atoms with Crippen molar-refractivity contribution in [3.05, 3.63) is 56.7 Å². The summed E-state index contributed by atoms with van der Waals surface area (Å²) in [5.41, 5.74) is 3.20. The Bertz CT molecular complexity index is 978. The van der Waals surface area contributed by atoms with Crippen molar-refractivity contribution >= 4 is 26.8 Å². The highest BCUT2D eigenvalue weighted by molar-refractivity contribution is 9.10. The van der Waals surface area contributed by atoms with Gasteiger partial charge in [-0.15, -0.1) is 0 Å². The molecule has 2 heterocycles. The van der Waals surface area contributed by atoms with E-state index in [-0.39, 0.29) is 5.43 Å². The molecule has 4 nitrogen and oxygen atoms in total. The Labute approximate surface area is 141 Å². The number of nitrogens with one attached hydrogen (secondary N) is 1. The topological polar surface area (TPSA) is 51.3 Å². The van der Waals surface area contributed by atoms with Gasteiger partial charge in [0.15, 0.2) is 16.9 Å². The molecule has 0 saturated carbocycles. The zero-order chi connectivity index (χ0) is 16.0. The summed E-state index contributed by atoms with van der Waals surface area (Å²) < 4.78 is 12.1. The number of pyridine rings is 1. The number of benzene rings is 2. The summed E-state index contributed by atoms with van der Waals surface area (Å²) in [6, 6.07) is 11.4. The standard InChI is InChI=1S/C18H14BrNO3/c1-10-17(11-4-2-3-5-13(11)19)20-14-9-16-15(22-6-7-23-16)8-12(14)18(10)21/h2-5,8-9H,6-7H2,1H3,(H,20,21). The zero-order valence-electron chi connectivity index (χ0n) is 12.5. The van der Waals surface area contributed by atoms with E-state index in [9.17, 15) is 4.79 Å². The van der Waals surface area contributed by atoms with E-state index in [1.807, 2.05) is 37.3 Å². The summed E-state index contributed by atoms with van der Waals surface area (Å²) in [4.78, 5) is 16.2. The van der Waals surface area contributed by atoms with E-state index < -0.39 is 0 Å². The van der Waals surface area contributed by atoms with Crippen LogP contribution in [0.3, 0.4) is 0 Å². The fraction of sp³-hybridized carbons (Fsp3) is 0.167. The highest BCUT2D eigenvalue weighted by atomic mass is 79.9. The van der Waals surface area contributed by atoms with E-state index in [4.69, 9.17) is 9.47 Å². The number of H-pyrrole nitrogens is 1. The van der Waals surface area contributed by atoms with Crippen LogP contribution in [0.15, 0.2) is 45.7 Å².